The average molecular weight is 787 g/mol. The van der Waals surface area contributed by atoms with Crippen molar-refractivity contribution in [1.29, 1.82) is 0 Å². The van der Waals surface area contributed by atoms with Crippen molar-refractivity contribution in [3.05, 3.63) is 25.3 Å². The van der Waals surface area contributed by atoms with Crippen molar-refractivity contribution in [3.8, 4) is 0 Å². The van der Waals surface area contributed by atoms with Gasteiger partial charge in [0.05, 0.1) is 65.7 Å². The van der Waals surface area contributed by atoms with Crippen molar-refractivity contribution in [2.45, 2.75) is 64.2 Å². The molecule has 0 aliphatic heterocycles. The summed E-state index contributed by atoms with van der Waals surface area (Å²) in [6, 6.07) is 0. The Morgan fingerprint density at radius 3 is 1.12 bits per heavy atom. The highest BCUT2D eigenvalue weighted by Gasteiger charge is 2.05. The van der Waals surface area contributed by atoms with Crippen LogP contribution in [-0.2, 0) is 57.1 Å². The Morgan fingerprint density at radius 2 is 0.760 bits per heavy atom. The van der Waals surface area contributed by atoms with Gasteiger partial charge in [-0.2, -0.15) is 23.5 Å². The molecule has 0 bridgehead atoms. The van der Waals surface area contributed by atoms with Crippen LogP contribution in [0.2, 0.25) is 0 Å². The molecular weight excluding hydrogens is 729 g/mol. The molecule has 0 saturated heterocycles. The van der Waals surface area contributed by atoms with Gasteiger partial charge in [0.25, 0.3) is 0 Å². The van der Waals surface area contributed by atoms with Crippen molar-refractivity contribution < 1.29 is 57.1 Å². The van der Waals surface area contributed by atoms with Gasteiger partial charge in [-0.3, -0.25) is 9.59 Å². The summed E-state index contributed by atoms with van der Waals surface area (Å²) in [4.78, 5) is 45.4. The third-order valence-corrected chi connectivity index (χ3v) is 10.3. The average Bonchev–Trinajstić information content (AvgIpc) is 3.12. The van der Waals surface area contributed by atoms with Crippen molar-refractivity contribution in [2.75, 3.05) is 101 Å². The van der Waals surface area contributed by atoms with Gasteiger partial charge in [-0.05, 0) is 51.4 Å². The second kappa shape index (κ2) is 40.4. The zero-order valence-corrected chi connectivity index (χ0v) is 32.8. The smallest absolute Gasteiger partial charge is 0.330 e. The van der Waals surface area contributed by atoms with Crippen LogP contribution in [0.5, 0.6) is 0 Å². The van der Waals surface area contributed by atoms with Gasteiger partial charge in [0.15, 0.2) is 0 Å². The van der Waals surface area contributed by atoms with E-state index in [0.29, 0.717) is 77.2 Å². The van der Waals surface area contributed by atoms with Crippen molar-refractivity contribution in [1.82, 2.24) is 0 Å². The maximum Gasteiger partial charge on any atom is 0.330 e. The Morgan fingerprint density at radius 1 is 0.420 bits per heavy atom. The monoisotopic (exact) mass is 786 g/mol. The highest BCUT2D eigenvalue weighted by molar-refractivity contribution is 8.76. The van der Waals surface area contributed by atoms with E-state index >= 15 is 0 Å². The van der Waals surface area contributed by atoms with E-state index in [1.54, 1.807) is 45.1 Å². The number of ether oxygens (including phenoxy) is 8. The van der Waals surface area contributed by atoms with Crippen LogP contribution in [0.25, 0.3) is 0 Å². The van der Waals surface area contributed by atoms with Gasteiger partial charge in [-0.25, -0.2) is 9.59 Å². The lowest BCUT2D eigenvalue weighted by molar-refractivity contribution is -0.144. The fourth-order valence-electron chi connectivity index (χ4n) is 3.50. The molecule has 0 atom stereocenters. The number of esters is 4. The van der Waals surface area contributed by atoms with Crippen LogP contribution < -0.4 is 0 Å². The zero-order valence-electron chi connectivity index (χ0n) is 29.5. The largest absolute Gasteiger partial charge is 0.466 e. The molecule has 0 unspecified atom stereocenters. The Hall–Kier alpha value is -1.40. The molecule has 0 radical (unpaired) electrons. The zero-order chi connectivity index (χ0) is 36.6. The fraction of sp³-hybridized carbons (Fsp3) is 0.765. The number of unbranched alkanes of at least 4 members (excludes halogenated alkanes) is 6. The first-order valence-electron chi connectivity index (χ1n) is 17.1. The number of hydrogen-bond acceptors (Lipinski definition) is 16. The number of carbonyl (C=O) groups is 4. The summed E-state index contributed by atoms with van der Waals surface area (Å²) in [6.07, 6.45) is 9.96. The van der Waals surface area contributed by atoms with E-state index in [0.717, 1.165) is 86.5 Å². The first-order chi connectivity index (χ1) is 24.5. The number of thioether (sulfide) groups is 2. The Labute approximate surface area is 315 Å². The van der Waals surface area contributed by atoms with Crippen molar-refractivity contribution in [3.63, 3.8) is 0 Å². The summed E-state index contributed by atoms with van der Waals surface area (Å²) in [5, 5.41) is 0. The second-order valence-electron chi connectivity index (χ2n) is 10.3. The molecule has 12 nitrogen and oxygen atoms in total. The van der Waals surface area contributed by atoms with Crippen LogP contribution in [0.1, 0.15) is 64.2 Å². The molecule has 0 saturated carbocycles. The molecule has 0 spiro atoms. The highest BCUT2D eigenvalue weighted by atomic mass is 33.1. The molecular formula is C34H58O12S4. The Balaban J connectivity index is 3.21. The minimum atomic E-state index is -0.400. The Kier molecular flexibility index (Phi) is 39.2. The molecule has 290 valence electrons. The highest BCUT2D eigenvalue weighted by Crippen LogP contribution is 2.20. The van der Waals surface area contributed by atoms with Gasteiger partial charge in [0.1, 0.15) is 13.6 Å². The number of carbonyl (C=O) groups excluding carboxylic acids is 4. The van der Waals surface area contributed by atoms with Crippen LogP contribution >= 0.6 is 45.1 Å². The lowest BCUT2D eigenvalue weighted by Crippen LogP contribution is -2.08. The molecule has 16 heteroatoms. The number of hydrogen-bond donors (Lipinski definition) is 0. The van der Waals surface area contributed by atoms with E-state index in [2.05, 4.69) is 13.2 Å². The lowest BCUT2D eigenvalue weighted by atomic mass is 10.2. The van der Waals surface area contributed by atoms with Crippen molar-refractivity contribution in [2.24, 2.45) is 0 Å². The van der Waals surface area contributed by atoms with Crippen LogP contribution in [-0.4, -0.2) is 125 Å². The van der Waals surface area contributed by atoms with Gasteiger partial charge in [-0.15, -0.1) is 0 Å². The molecule has 0 heterocycles. The fourth-order valence-corrected chi connectivity index (χ4v) is 6.73. The van der Waals surface area contributed by atoms with Crippen LogP contribution in [0.15, 0.2) is 25.3 Å². The van der Waals surface area contributed by atoms with Gasteiger partial charge >= 0.3 is 23.9 Å². The summed E-state index contributed by atoms with van der Waals surface area (Å²) in [5.41, 5.74) is 0. The topological polar surface area (TPSA) is 142 Å². The van der Waals surface area contributed by atoms with Crippen LogP contribution in [0.3, 0.4) is 0 Å². The predicted octanol–water partition coefficient (Wildman–Crippen LogP) is 6.26. The van der Waals surface area contributed by atoms with E-state index in [1.807, 2.05) is 0 Å². The summed E-state index contributed by atoms with van der Waals surface area (Å²) in [5.74, 6) is 3.53. The van der Waals surface area contributed by atoms with E-state index in [1.165, 1.54) is 0 Å². The lowest BCUT2D eigenvalue weighted by Gasteiger charge is -2.07. The molecule has 0 amide bonds. The van der Waals surface area contributed by atoms with E-state index < -0.39 is 11.9 Å². The molecule has 50 heavy (non-hydrogen) atoms. The van der Waals surface area contributed by atoms with E-state index in [4.69, 9.17) is 37.9 Å². The molecule has 0 rings (SSSR count). The van der Waals surface area contributed by atoms with E-state index in [-0.39, 0.29) is 25.5 Å². The SMILES string of the molecule is C=CC(=O)OCCCCCCOC(=O)CCSCCOCOCCSSCCOCOCCSCCC(=O)OCCCCCCOC(=O)C=C. The maximum atomic E-state index is 11.8. The number of rotatable bonds is 39. The van der Waals surface area contributed by atoms with Gasteiger partial charge < -0.3 is 37.9 Å². The van der Waals surface area contributed by atoms with Crippen LogP contribution in [0, 0.1) is 0 Å². The summed E-state index contributed by atoms with van der Waals surface area (Å²) < 4.78 is 42.2. The molecule has 0 N–H and O–H groups in total. The first-order valence-corrected chi connectivity index (χ1v) is 21.9. The minimum absolute atomic E-state index is 0.180. The summed E-state index contributed by atoms with van der Waals surface area (Å²) >= 11 is 3.30. The summed E-state index contributed by atoms with van der Waals surface area (Å²) in [6.45, 7) is 11.2. The van der Waals surface area contributed by atoms with Crippen LogP contribution in [0.4, 0.5) is 0 Å². The molecule has 0 aromatic carbocycles. The maximum absolute atomic E-state index is 11.8. The van der Waals surface area contributed by atoms with Crippen molar-refractivity contribution >= 4 is 69.0 Å². The molecule has 0 aliphatic carbocycles. The molecule has 0 aromatic heterocycles. The first kappa shape index (κ1) is 48.6. The molecule has 0 fully saturated rings. The Bertz CT molecular complexity index is 798. The molecule has 0 aromatic rings. The standard InChI is InChI=1S/C34H58O12S4/c1-3-31(35)43-15-9-5-7-11-17-45-33(37)13-23-47-25-19-39-29-41-21-27-49-50-28-22-42-30-40-20-26-48-24-14-34(38)46-18-12-8-6-10-16-44-32(36)4-2/h3-4H,1-2,5-30H2. The van der Waals surface area contributed by atoms with Gasteiger partial charge in [0.2, 0.25) is 0 Å². The minimum Gasteiger partial charge on any atom is -0.466 e. The third-order valence-electron chi connectivity index (χ3n) is 6.11. The quantitative estimate of drug-likeness (QED) is 0.0173. The predicted molar refractivity (Wildman–Crippen MR) is 204 cm³/mol. The van der Waals surface area contributed by atoms with Gasteiger partial charge in [-0.1, -0.05) is 34.7 Å². The normalized spacial score (nSPS) is 10.8. The van der Waals surface area contributed by atoms with E-state index in [9.17, 15) is 19.2 Å². The second-order valence-corrected chi connectivity index (χ2v) is 15.4. The summed E-state index contributed by atoms with van der Waals surface area (Å²) in [7, 11) is 3.45. The van der Waals surface area contributed by atoms with Gasteiger partial charge in [0, 0.05) is 46.7 Å². The molecule has 0 aliphatic rings. The third kappa shape index (κ3) is 39.4.